The first-order chi connectivity index (χ1) is 30.4. The van der Waals surface area contributed by atoms with Crippen LogP contribution in [-0.2, 0) is 14.4 Å². The van der Waals surface area contributed by atoms with Gasteiger partial charge in [0.15, 0.2) is 11.6 Å². The minimum atomic E-state index is -0.832. The Morgan fingerprint density at radius 2 is 1.71 bits per heavy atom. The zero-order valence-corrected chi connectivity index (χ0v) is 37.3. The van der Waals surface area contributed by atoms with E-state index in [9.17, 15) is 24.6 Å². The van der Waals surface area contributed by atoms with Crippen molar-refractivity contribution < 1.29 is 29.1 Å². The van der Waals surface area contributed by atoms with Crippen molar-refractivity contribution in [3.63, 3.8) is 0 Å². The molecule has 15 nitrogen and oxygen atoms in total. The molecule has 3 saturated heterocycles. The summed E-state index contributed by atoms with van der Waals surface area (Å²) in [5, 5.41) is 38.2. The molecule has 63 heavy (non-hydrogen) atoms. The van der Waals surface area contributed by atoms with Crippen LogP contribution in [0.3, 0.4) is 0 Å². The molecule has 0 aliphatic carbocycles. The monoisotopic (exact) mass is 889 g/mol. The number of fused-ring (bicyclic) bond motifs is 1. The van der Waals surface area contributed by atoms with Gasteiger partial charge in [0.05, 0.1) is 40.5 Å². The van der Waals surface area contributed by atoms with Gasteiger partial charge in [0.1, 0.15) is 22.5 Å². The minimum Gasteiger partial charge on any atom is -0.507 e. The number of rotatable bonds is 12. The molecule has 0 unspecified atom stereocenters. The van der Waals surface area contributed by atoms with Crippen LogP contribution in [0.1, 0.15) is 67.0 Å². The third kappa shape index (κ3) is 8.79. The topological polar surface area (TPSA) is 181 Å². The Morgan fingerprint density at radius 1 is 0.952 bits per heavy atom. The van der Waals surface area contributed by atoms with Crippen LogP contribution in [-0.4, -0.2) is 127 Å². The SMILES string of the molecule is Cc1ncsc1-c1ccc([C@H](C)NC(=O)[C@@H]2C[C@@H](O)CN2C(=O)[C@@H](c2cc(N3CCN(C(=O)CN4CC(c5cc6cc(-c7ccccc7O)nnc6s5)C4)CC3)no2)C(C)C)cc1. The summed E-state index contributed by atoms with van der Waals surface area (Å²) >= 11 is 3.21. The fourth-order valence-electron chi connectivity index (χ4n) is 8.94. The van der Waals surface area contributed by atoms with E-state index in [0.29, 0.717) is 61.5 Å². The number of aliphatic hydroxyl groups excluding tert-OH is 1. The number of anilines is 1. The quantitative estimate of drug-likeness (QED) is 0.134. The van der Waals surface area contributed by atoms with Crippen LogP contribution in [0.2, 0.25) is 0 Å². The minimum absolute atomic E-state index is 0.0511. The van der Waals surface area contributed by atoms with Crippen LogP contribution in [0, 0.1) is 12.8 Å². The lowest BCUT2D eigenvalue weighted by Gasteiger charge is -2.40. The molecule has 0 saturated carbocycles. The maximum atomic E-state index is 14.3. The predicted octanol–water partition coefficient (Wildman–Crippen LogP) is 5.81. The van der Waals surface area contributed by atoms with Crippen LogP contribution in [0.4, 0.5) is 5.82 Å². The van der Waals surface area contributed by atoms with Crippen molar-refractivity contribution in [2.45, 2.75) is 64.1 Å². The molecule has 0 bridgehead atoms. The van der Waals surface area contributed by atoms with Gasteiger partial charge in [0.25, 0.3) is 0 Å². The van der Waals surface area contributed by atoms with Gasteiger partial charge in [0.2, 0.25) is 17.7 Å². The number of carbonyl (C=O) groups is 3. The van der Waals surface area contributed by atoms with E-state index < -0.39 is 18.1 Å². The molecule has 3 aliphatic heterocycles. The number of thiophene rings is 1. The highest BCUT2D eigenvalue weighted by molar-refractivity contribution is 7.18. The van der Waals surface area contributed by atoms with Gasteiger partial charge in [-0.3, -0.25) is 19.3 Å². The Balaban J connectivity index is 0.765. The first-order valence-corrected chi connectivity index (χ1v) is 23.2. The fourth-order valence-corrected chi connectivity index (χ4v) is 10.8. The number of hydrogen-bond donors (Lipinski definition) is 3. The highest BCUT2D eigenvalue weighted by atomic mass is 32.1. The number of nitrogens with zero attached hydrogens (tertiary/aromatic N) is 8. The van der Waals surface area contributed by atoms with Crippen LogP contribution in [0.5, 0.6) is 5.75 Å². The lowest BCUT2D eigenvalue weighted by Crippen LogP contribution is -2.54. The second-order valence-electron chi connectivity index (χ2n) is 17.2. The molecule has 6 aromatic rings. The van der Waals surface area contributed by atoms with E-state index in [1.54, 1.807) is 40.9 Å². The highest BCUT2D eigenvalue weighted by Crippen LogP contribution is 2.38. The molecular weight excluding hydrogens is 839 g/mol. The lowest BCUT2D eigenvalue weighted by atomic mass is 9.91. The van der Waals surface area contributed by atoms with Crippen molar-refractivity contribution in [1.82, 2.24) is 40.4 Å². The summed E-state index contributed by atoms with van der Waals surface area (Å²) in [4.78, 5) is 56.6. The third-order valence-electron chi connectivity index (χ3n) is 12.6. The van der Waals surface area contributed by atoms with E-state index in [1.807, 2.05) is 80.6 Å². The number of β-amino-alcohol motifs (C(OH)–C–C–N with tert-alkyl or cyclic N) is 1. The van der Waals surface area contributed by atoms with E-state index in [2.05, 4.69) is 41.5 Å². The number of aromatic nitrogens is 4. The number of aliphatic hydroxyl groups is 1. The van der Waals surface area contributed by atoms with Crippen LogP contribution in [0.25, 0.3) is 31.9 Å². The number of piperazine rings is 1. The van der Waals surface area contributed by atoms with Crippen molar-refractivity contribution in [2.24, 2.45) is 5.92 Å². The van der Waals surface area contributed by atoms with Gasteiger partial charge < -0.3 is 34.8 Å². The molecule has 9 rings (SSSR count). The summed E-state index contributed by atoms with van der Waals surface area (Å²) in [5.74, 6) is 0.0984. The first-order valence-electron chi connectivity index (χ1n) is 21.5. The van der Waals surface area contributed by atoms with Gasteiger partial charge in [0, 0.05) is 80.0 Å². The summed E-state index contributed by atoms with van der Waals surface area (Å²) in [6, 6.07) is 19.9. The zero-order valence-electron chi connectivity index (χ0n) is 35.7. The molecule has 4 aromatic heterocycles. The third-order valence-corrected chi connectivity index (χ3v) is 14.7. The van der Waals surface area contributed by atoms with Gasteiger partial charge in [-0.15, -0.1) is 32.9 Å². The average molecular weight is 890 g/mol. The Labute approximate surface area is 373 Å². The number of hydrogen-bond acceptors (Lipinski definition) is 14. The summed E-state index contributed by atoms with van der Waals surface area (Å²) < 4.78 is 5.85. The molecule has 17 heteroatoms. The predicted molar refractivity (Wildman–Crippen MR) is 242 cm³/mol. The van der Waals surface area contributed by atoms with Gasteiger partial charge in [-0.2, -0.15) is 0 Å². The van der Waals surface area contributed by atoms with Crippen molar-refractivity contribution in [3.05, 3.63) is 94.1 Å². The van der Waals surface area contributed by atoms with E-state index in [1.165, 1.54) is 9.78 Å². The van der Waals surface area contributed by atoms with Crippen molar-refractivity contribution in [3.8, 4) is 27.4 Å². The molecular formula is C46H51N9O6S2. The second-order valence-corrected chi connectivity index (χ2v) is 19.2. The number of carbonyl (C=O) groups excluding carboxylic acids is 3. The standard InChI is InChI=1S/C46H51N9O6S2/c1-26(2)42(46(60)55-23-33(56)19-36(55)44(59)48-27(3)29-9-11-30(12-10-29)43-28(4)47-25-62-43)38-20-40(51-61-38)53-13-15-54(16-14-53)41(58)24-52-21-32(22-52)39-18-31-17-35(49-50-45(31)63-39)34-7-5-6-8-37(34)57/h5-12,17-18,20,25-27,32-33,36,42,56-57H,13-16,19,21-24H2,1-4H3,(H,48,59)/t27-,33+,36-,42+/m0/s1. The molecule has 2 aromatic carbocycles. The number of phenolic OH excluding ortho intramolecular Hbond substituents is 1. The Morgan fingerprint density at radius 3 is 2.43 bits per heavy atom. The number of amides is 3. The highest BCUT2D eigenvalue weighted by Gasteiger charge is 2.44. The largest absolute Gasteiger partial charge is 0.507 e. The van der Waals surface area contributed by atoms with Crippen LogP contribution < -0.4 is 10.2 Å². The number of aromatic hydroxyl groups is 1. The zero-order chi connectivity index (χ0) is 43.9. The van der Waals surface area contributed by atoms with Gasteiger partial charge >= 0.3 is 0 Å². The van der Waals surface area contributed by atoms with Crippen LogP contribution >= 0.6 is 22.7 Å². The lowest BCUT2D eigenvalue weighted by molar-refractivity contribution is -0.141. The average Bonchev–Trinajstić information content (AvgIpc) is 4.09. The second kappa shape index (κ2) is 17.8. The van der Waals surface area contributed by atoms with Gasteiger partial charge in [-0.1, -0.05) is 55.4 Å². The van der Waals surface area contributed by atoms with Gasteiger partial charge in [-0.25, -0.2) is 4.98 Å². The number of likely N-dealkylation sites (tertiary alicyclic amines) is 2. The Bertz CT molecular complexity index is 2610. The van der Waals surface area contributed by atoms with Crippen molar-refractivity contribution >= 4 is 56.4 Å². The van der Waals surface area contributed by atoms with Crippen molar-refractivity contribution in [1.29, 1.82) is 0 Å². The number of thiazole rings is 1. The number of benzene rings is 2. The summed E-state index contributed by atoms with van der Waals surface area (Å²) in [6.45, 7) is 12.0. The van der Waals surface area contributed by atoms with Gasteiger partial charge in [-0.05, 0) is 55.2 Å². The fraction of sp³-hybridized carbons (Fsp3) is 0.413. The van der Waals surface area contributed by atoms with Crippen molar-refractivity contribution in [2.75, 3.05) is 57.3 Å². The molecule has 4 atom stereocenters. The van der Waals surface area contributed by atoms with E-state index in [-0.39, 0.29) is 48.4 Å². The number of phenols is 1. The smallest absolute Gasteiger partial charge is 0.243 e. The molecule has 3 N–H and O–H groups in total. The summed E-state index contributed by atoms with van der Waals surface area (Å²) in [7, 11) is 0. The van der Waals surface area contributed by atoms with E-state index in [0.717, 1.165) is 45.0 Å². The molecule has 3 aliphatic rings. The number of nitrogens with one attached hydrogen (secondary N) is 1. The van der Waals surface area contributed by atoms with Crippen LogP contribution in [0.15, 0.2) is 76.8 Å². The Kier molecular flexibility index (Phi) is 12.0. The summed E-state index contributed by atoms with van der Waals surface area (Å²) in [5.41, 5.74) is 6.08. The van der Waals surface area contributed by atoms with E-state index in [4.69, 9.17) is 4.52 Å². The molecule has 3 fully saturated rings. The molecule has 7 heterocycles. The molecule has 0 radical (unpaired) electrons. The molecule has 3 amide bonds. The maximum Gasteiger partial charge on any atom is 0.243 e. The Hall–Kier alpha value is -5.75. The summed E-state index contributed by atoms with van der Waals surface area (Å²) in [6.07, 6.45) is -0.683. The molecule has 0 spiro atoms. The molecule has 328 valence electrons. The first kappa shape index (κ1) is 42.5. The normalized spacial score (nSPS) is 19.4. The number of para-hydroxylation sites is 1. The maximum absolute atomic E-state index is 14.3. The van der Waals surface area contributed by atoms with E-state index >= 15 is 0 Å². The number of aryl methyl sites for hydroxylation is 1.